The van der Waals surface area contributed by atoms with Gasteiger partial charge in [-0.15, -0.1) is 11.8 Å². The van der Waals surface area contributed by atoms with Crippen LogP contribution < -0.4 is 0 Å². The van der Waals surface area contributed by atoms with Crippen LogP contribution in [0.25, 0.3) is 0 Å². The number of amides is 2. The van der Waals surface area contributed by atoms with Crippen molar-refractivity contribution in [1.29, 1.82) is 0 Å². The molecule has 152 valence electrons. The lowest BCUT2D eigenvalue weighted by Gasteiger charge is -2.43. The van der Waals surface area contributed by atoms with Gasteiger partial charge in [0.2, 0.25) is 5.91 Å². The average molecular weight is 427 g/mol. The smallest absolute Gasteiger partial charge is 0.410 e. The fourth-order valence-electron chi connectivity index (χ4n) is 3.06. The lowest BCUT2D eigenvalue weighted by molar-refractivity contribution is -0.157. The summed E-state index contributed by atoms with van der Waals surface area (Å²) >= 11 is 2.83. The molecule has 0 aromatic carbocycles. The predicted octanol–water partition coefficient (Wildman–Crippen LogP) is 1.54. The maximum atomic E-state index is 12.5. The number of hydrogen-bond donors (Lipinski definition) is 1. The first-order valence-corrected chi connectivity index (χ1v) is 10.5. The van der Waals surface area contributed by atoms with E-state index < -0.39 is 24.1 Å². The van der Waals surface area contributed by atoms with E-state index in [0.29, 0.717) is 17.3 Å². The van der Waals surface area contributed by atoms with Crippen LogP contribution in [0.4, 0.5) is 4.79 Å². The number of rotatable bonds is 8. The number of nitrogens with zero attached hydrogens (tertiary/aromatic N) is 2. The molecule has 2 amide bonds. The number of ether oxygens (including phenoxy) is 2. The maximum absolute atomic E-state index is 12.5. The van der Waals surface area contributed by atoms with Crippen LogP contribution in [0.15, 0.2) is 35.2 Å². The maximum Gasteiger partial charge on any atom is 0.410 e. The fraction of sp³-hybridized carbons (Fsp3) is 0.500. The summed E-state index contributed by atoms with van der Waals surface area (Å²) in [5.41, 5.74) is 0.219. The first kappa shape index (κ1) is 20.8. The van der Waals surface area contributed by atoms with Crippen molar-refractivity contribution in [2.24, 2.45) is 5.92 Å². The Morgan fingerprint density at radius 1 is 1.32 bits per heavy atom. The molecule has 0 unspecified atom stereocenters. The number of aliphatic hydroxyl groups excluding tert-OH is 1. The molecule has 3 rings (SSSR count). The van der Waals surface area contributed by atoms with E-state index in [4.69, 9.17) is 9.47 Å². The Labute approximate surface area is 171 Å². The summed E-state index contributed by atoms with van der Waals surface area (Å²) in [6.45, 7) is 9.76. The third kappa shape index (κ3) is 3.81. The van der Waals surface area contributed by atoms with Crippen molar-refractivity contribution in [3.63, 3.8) is 0 Å². The summed E-state index contributed by atoms with van der Waals surface area (Å²) in [4.78, 5) is 39.7. The molecule has 1 N–H and O–H groups in total. The van der Waals surface area contributed by atoms with Crippen molar-refractivity contribution in [3.05, 3.63) is 35.2 Å². The van der Waals surface area contributed by atoms with Crippen LogP contribution in [0.1, 0.15) is 6.92 Å². The molecule has 2 saturated heterocycles. The molecule has 8 nitrogen and oxygen atoms in total. The highest BCUT2D eigenvalue weighted by Gasteiger charge is 2.58. The highest BCUT2D eigenvalue weighted by Crippen LogP contribution is 2.55. The highest BCUT2D eigenvalue weighted by atomic mass is 32.2. The molecule has 0 bridgehead atoms. The summed E-state index contributed by atoms with van der Waals surface area (Å²) in [6, 6.07) is 0. The summed E-state index contributed by atoms with van der Waals surface area (Å²) in [5, 5.41) is 9.64. The molecule has 3 aliphatic rings. The summed E-state index contributed by atoms with van der Waals surface area (Å²) in [7, 11) is 0. The molecule has 3 aliphatic heterocycles. The topological polar surface area (TPSA) is 96.4 Å². The van der Waals surface area contributed by atoms with Crippen LogP contribution in [-0.2, 0) is 19.1 Å². The standard InChI is InChI=1S/C18H22N2O6S2/c1-4-6-25-16(23)13-17(28-15-12(10(3)21)14(22)20(13)15)27-11-8-19(9-11)18(24)26-7-5-2/h4-5,10-12,15,21H,1-2,6-9H2,3H3/t10-,12+,15-/m1/s1. The Morgan fingerprint density at radius 3 is 2.57 bits per heavy atom. The predicted molar refractivity (Wildman–Crippen MR) is 106 cm³/mol. The Bertz CT molecular complexity index is 732. The summed E-state index contributed by atoms with van der Waals surface area (Å²) in [6.07, 6.45) is 1.77. The number of thioether (sulfide) groups is 2. The van der Waals surface area contributed by atoms with Gasteiger partial charge in [0.25, 0.3) is 0 Å². The zero-order chi connectivity index (χ0) is 20.4. The lowest BCUT2D eigenvalue weighted by atomic mass is 9.92. The number of carbonyl (C=O) groups excluding carboxylic acids is 3. The van der Waals surface area contributed by atoms with Gasteiger partial charge in [-0.1, -0.05) is 37.1 Å². The van der Waals surface area contributed by atoms with Gasteiger partial charge in [0.15, 0.2) is 5.70 Å². The number of β-lactam (4-membered cyclic amide) rings is 1. The second-order valence-corrected chi connectivity index (χ2v) is 9.21. The van der Waals surface area contributed by atoms with Crippen LogP contribution in [0.2, 0.25) is 0 Å². The molecule has 0 spiro atoms. The SMILES string of the molecule is C=CCOC(=O)C1=C(SC2CN(C(=O)OCC=C)C2)S[C@@H]2[C@@H]([C@@H](C)O)C(=O)N12. The molecular formula is C18H22N2O6S2. The lowest BCUT2D eigenvalue weighted by Crippen LogP contribution is -2.60. The van der Waals surface area contributed by atoms with E-state index in [9.17, 15) is 19.5 Å². The number of hydrogen-bond acceptors (Lipinski definition) is 8. The number of carbonyl (C=O) groups is 3. The van der Waals surface area contributed by atoms with Gasteiger partial charge in [0, 0.05) is 18.3 Å². The molecule has 28 heavy (non-hydrogen) atoms. The molecule has 3 heterocycles. The average Bonchev–Trinajstić information content (AvgIpc) is 2.93. The van der Waals surface area contributed by atoms with E-state index >= 15 is 0 Å². The first-order valence-electron chi connectivity index (χ1n) is 8.78. The van der Waals surface area contributed by atoms with Crippen molar-refractivity contribution in [2.75, 3.05) is 26.3 Å². The van der Waals surface area contributed by atoms with E-state index in [1.165, 1.54) is 40.6 Å². The molecule has 0 radical (unpaired) electrons. The highest BCUT2D eigenvalue weighted by molar-refractivity contribution is 8.23. The van der Waals surface area contributed by atoms with Crippen molar-refractivity contribution in [3.8, 4) is 0 Å². The minimum Gasteiger partial charge on any atom is -0.457 e. The Hall–Kier alpha value is -1.91. The minimum atomic E-state index is -0.796. The molecule has 2 fully saturated rings. The van der Waals surface area contributed by atoms with E-state index in [1.807, 2.05) is 0 Å². The second kappa shape index (κ2) is 8.62. The van der Waals surface area contributed by atoms with Gasteiger partial charge < -0.3 is 19.5 Å². The zero-order valence-electron chi connectivity index (χ0n) is 15.4. The molecule has 0 saturated carbocycles. The molecule has 0 aliphatic carbocycles. The Kier molecular flexibility index (Phi) is 6.41. The van der Waals surface area contributed by atoms with Gasteiger partial charge in [0.1, 0.15) is 18.6 Å². The minimum absolute atomic E-state index is 0.0455. The van der Waals surface area contributed by atoms with Crippen LogP contribution >= 0.6 is 23.5 Å². The second-order valence-electron chi connectivity index (χ2n) is 6.52. The molecular weight excluding hydrogens is 404 g/mol. The van der Waals surface area contributed by atoms with Gasteiger partial charge in [-0.3, -0.25) is 9.69 Å². The normalized spacial score (nSPS) is 24.9. The van der Waals surface area contributed by atoms with E-state index in [2.05, 4.69) is 13.2 Å². The Morgan fingerprint density at radius 2 is 1.96 bits per heavy atom. The van der Waals surface area contributed by atoms with Crippen molar-refractivity contribution in [2.45, 2.75) is 23.7 Å². The van der Waals surface area contributed by atoms with Crippen molar-refractivity contribution in [1.82, 2.24) is 9.80 Å². The van der Waals surface area contributed by atoms with Crippen LogP contribution in [0.3, 0.4) is 0 Å². The van der Waals surface area contributed by atoms with E-state index in [1.54, 1.807) is 11.8 Å². The van der Waals surface area contributed by atoms with Gasteiger partial charge in [0.05, 0.1) is 16.3 Å². The van der Waals surface area contributed by atoms with Gasteiger partial charge in [-0.2, -0.15) is 0 Å². The van der Waals surface area contributed by atoms with E-state index in [0.717, 1.165) is 0 Å². The largest absolute Gasteiger partial charge is 0.457 e. The first-order chi connectivity index (χ1) is 13.4. The van der Waals surface area contributed by atoms with Crippen LogP contribution in [0.5, 0.6) is 0 Å². The van der Waals surface area contributed by atoms with Crippen LogP contribution in [-0.4, -0.2) is 75.9 Å². The quantitative estimate of drug-likeness (QED) is 0.355. The number of likely N-dealkylation sites (tertiary alicyclic amines) is 1. The molecule has 3 atom stereocenters. The molecule has 10 heteroatoms. The molecule has 0 aromatic heterocycles. The van der Waals surface area contributed by atoms with Crippen LogP contribution in [0, 0.1) is 5.92 Å². The monoisotopic (exact) mass is 426 g/mol. The third-order valence-corrected chi connectivity index (χ3v) is 7.27. The Balaban J connectivity index is 1.67. The summed E-state index contributed by atoms with van der Waals surface area (Å²) in [5.74, 6) is -1.41. The number of aliphatic hydroxyl groups is 1. The van der Waals surface area contributed by atoms with E-state index in [-0.39, 0.29) is 35.4 Å². The fourth-order valence-corrected chi connectivity index (χ4v) is 6.41. The van der Waals surface area contributed by atoms with Gasteiger partial charge in [-0.05, 0) is 6.92 Å². The number of esters is 1. The number of fused-ring (bicyclic) bond motifs is 1. The van der Waals surface area contributed by atoms with Crippen molar-refractivity contribution < 1.29 is 29.0 Å². The van der Waals surface area contributed by atoms with Gasteiger partial charge in [-0.25, -0.2) is 9.59 Å². The summed E-state index contributed by atoms with van der Waals surface area (Å²) < 4.78 is 10.8. The third-order valence-electron chi connectivity index (χ3n) is 4.50. The van der Waals surface area contributed by atoms with Gasteiger partial charge >= 0.3 is 12.1 Å². The molecule has 0 aromatic rings. The van der Waals surface area contributed by atoms with Crippen molar-refractivity contribution >= 4 is 41.5 Å². The zero-order valence-corrected chi connectivity index (χ0v) is 17.0.